The van der Waals surface area contributed by atoms with Crippen molar-refractivity contribution in [3.63, 3.8) is 0 Å². The van der Waals surface area contributed by atoms with Crippen LogP contribution in [-0.2, 0) is 16.3 Å². The Morgan fingerprint density at radius 1 is 1.40 bits per heavy atom. The Bertz CT molecular complexity index is 479. The third kappa shape index (κ3) is 1.92. The first-order chi connectivity index (χ1) is 7.00. The molecule has 1 N–H and O–H groups in total. The summed E-state index contributed by atoms with van der Waals surface area (Å²) in [5.74, 6) is 0. The minimum Gasteiger partial charge on any atom is -0.310 e. The van der Waals surface area contributed by atoms with Crippen LogP contribution in [0.4, 0.5) is 0 Å². The average Bonchev–Trinajstić information content (AvgIpc) is 2.16. The van der Waals surface area contributed by atoms with E-state index in [4.69, 9.17) is 0 Å². The Labute approximate surface area is 90.4 Å². The van der Waals surface area contributed by atoms with Gasteiger partial charge in [0.05, 0.1) is 4.90 Å². The van der Waals surface area contributed by atoms with Gasteiger partial charge in [0.15, 0.2) is 9.84 Å². The van der Waals surface area contributed by atoms with Crippen molar-refractivity contribution in [2.24, 2.45) is 0 Å². The molecule has 82 valence electrons. The largest absolute Gasteiger partial charge is 0.310 e. The zero-order valence-corrected chi connectivity index (χ0v) is 9.76. The summed E-state index contributed by atoms with van der Waals surface area (Å²) in [6, 6.07) is 5.77. The summed E-state index contributed by atoms with van der Waals surface area (Å²) in [6.45, 7) is 2.91. The van der Waals surface area contributed by atoms with Gasteiger partial charge in [-0.1, -0.05) is 12.1 Å². The molecule has 0 aromatic heterocycles. The van der Waals surface area contributed by atoms with E-state index in [0.717, 1.165) is 24.1 Å². The summed E-state index contributed by atoms with van der Waals surface area (Å²) in [7, 11) is -3.10. The lowest BCUT2D eigenvalue weighted by molar-refractivity contribution is 0.533. The van der Waals surface area contributed by atoms with E-state index in [1.165, 1.54) is 6.26 Å². The second-order valence-electron chi connectivity index (χ2n) is 4.02. The fourth-order valence-corrected chi connectivity index (χ4v) is 3.12. The van der Waals surface area contributed by atoms with Crippen molar-refractivity contribution in [1.29, 1.82) is 0 Å². The zero-order chi connectivity index (χ0) is 11.1. The predicted octanol–water partition coefficient (Wildman–Crippen LogP) is 1.30. The molecule has 4 heteroatoms. The molecule has 0 bridgehead atoms. The summed E-state index contributed by atoms with van der Waals surface area (Å²) >= 11 is 0. The standard InChI is InChI=1S/C11H15NO2S/c1-8-9-4-3-5-11(15(2,13)14)10(9)6-7-12-8/h3-5,8,12H,6-7H2,1-2H3/t8-/m0/s1. The lowest BCUT2D eigenvalue weighted by atomic mass is 9.95. The number of hydrogen-bond donors (Lipinski definition) is 1. The molecule has 1 aromatic rings. The lowest BCUT2D eigenvalue weighted by Gasteiger charge is -2.25. The van der Waals surface area contributed by atoms with E-state index in [9.17, 15) is 8.42 Å². The average molecular weight is 225 g/mol. The van der Waals surface area contributed by atoms with Gasteiger partial charge in [0.2, 0.25) is 0 Å². The molecule has 0 spiro atoms. The van der Waals surface area contributed by atoms with Crippen LogP contribution in [0.1, 0.15) is 24.1 Å². The Hall–Kier alpha value is -0.870. The Morgan fingerprint density at radius 2 is 2.13 bits per heavy atom. The maximum atomic E-state index is 11.6. The molecule has 0 radical (unpaired) electrons. The van der Waals surface area contributed by atoms with Gasteiger partial charge in [-0.15, -0.1) is 0 Å². The molecular weight excluding hydrogens is 210 g/mol. The third-order valence-corrected chi connectivity index (χ3v) is 4.04. The van der Waals surface area contributed by atoms with Crippen LogP contribution in [0.25, 0.3) is 0 Å². The Balaban J connectivity index is 2.65. The quantitative estimate of drug-likeness (QED) is 0.783. The maximum absolute atomic E-state index is 11.6. The smallest absolute Gasteiger partial charge is 0.175 e. The summed E-state index contributed by atoms with van der Waals surface area (Å²) in [6.07, 6.45) is 2.07. The monoisotopic (exact) mass is 225 g/mol. The number of benzene rings is 1. The fourth-order valence-electron chi connectivity index (χ4n) is 2.13. The number of fused-ring (bicyclic) bond motifs is 1. The third-order valence-electron chi connectivity index (χ3n) is 2.86. The predicted molar refractivity (Wildman–Crippen MR) is 59.7 cm³/mol. The van der Waals surface area contributed by atoms with Gasteiger partial charge < -0.3 is 5.32 Å². The van der Waals surface area contributed by atoms with Crippen LogP contribution in [0.5, 0.6) is 0 Å². The zero-order valence-electron chi connectivity index (χ0n) is 8.95. The van der Waals surface area contributed by atoms with Crippen molar-refractivity contribution >= 4 is 9.84 Å². The normalized spacial score (nSPS) is 21.1. The first-order valence-corrected chi connectivity index (χ1v) is 6.94. The molecular formula is C11H15NO2S. The highest BCUT2D eigenvalue weighted by Crippen LogP contribution is 2.27. The molecule has 0 aliphatic carbocycles. The van der Waals surface area contributed by atoms with Gasteiger partial charge in [-0.25, -0.2) is 8.42 Å². The van der Waals surface area contributed by atoms with Gasteiger partial charge in [0.25, 0.3) is 0 Å². The van der Waals surface area contributed by atoms with Crippen LogP contribution in [0.3, 0.4) is 0 Å². The molecule has 1 atom stereocenters. The number of nitrogens with one attached hydrogen (secondary N) is 1. The molecule has 1 aromatic carbocycles. The van der Waals surface area contributed by atoms with Crippen LogP contribution >= 0.6 is 0 Å². The van der Waals surface area contributed by atoms with Crippen LogP contribution in [0.15, 0.2) is 23.1 Å². The van der Waals surface area contributed by atoms with Gasteiger partial charge in [-0.3, -0.25) is 0 Å². The van der Waals surface area contributed by atoms with Crippen LogP contribution < -0.4 is 5.32 Å². The molecule has 1 heterocycles. The summed E-state index contributed by atoms with van der Waals surface area (Å²) in [4.78, 5) is 0.494. The molecule has 0 amide bonds. The Morgan fingerprint density at radius 3 is 2.80 bits per heavy atom. The SMILES string of the molecule is C[C@@H]1NCCc2c1cccc2S(C)(=O)=O. The first kappa shape index (κ1) is 10.6. The maximum Gasteiger partial charge on any atom is 0.175 e. The lowest BCUT2D eigenvalue weighted by Crippen LogP contribution is -2.28. The van der Waals surface area contributed by atoms with Crippen molar-refractivity contribution in [3.8, 4) is 0 Å². The molecule has 0 saturated carbocycles. The van der Waals surface area contributed by atoms with Gasteiger partial charge in [0.1, 0.15) is 0 Å². The van der Waals surface area contributed by atoms with Gasteiger partial charge >= 0.3 is 0 Å². The number of hydrogen-bond acceptors (Lipinski definition) is 3. The van der Waals surface area contributed by atoms with Crippen molar-refractivity contribution < 1.29 is 8.42 Å². The Kier molecular flexibility index (Phi) is 2.56. The summed E-state index contributed by atoms with van der Waals surface area (Å²) in [5.41, 5.74) is 2.11. The minimum atomic E-state index is -3.10. The highest BCUT2D eigenvalue weighted by molar-refractivity contribution is 7.90. The van der Waals surface area contributed by atoms with Crippen molar-refractivity contribution in [2.75, 3.05) is 12.8 Å². The topological polar surface area (TPSA) is 46.2 Å². The van der Waals surface area contributed by atoms with E-state index in [0.29, 0.717) is 4.90 Å². The van der Waals surface area contributed by atoms with E-state index < -0.39 is 9.84 Å². The van der Waals surface area contributed by atoms with Crippen LogP contribution in [-0.4, -0.2) is 21.2 Å². The second-order valence-corrected chi connectivity index (χ2v) is 6.01. The molecule has 2 rings (SSSR count). The minimum absolute atomic E-state index is 0.246. The second kappa shape index (κ2) is 3.61. The summed E-state index contributed by atoms with van der Waals surface area (Å²) < 4.78 is 23.2. The van der Waals surface area contributed by atoms with Crippen LogP contribution in [0, 0.1) is 0 Å². The molecule has 1 aliphatic heterocycles. The molecule has 15 heavy (non-hydrogen) atoms. The highest BCUT2D eigenvalue weighted by atomic mass is 32.2. The molecule has 0 fully saturated rings. The fraction of sp³-hybridized carbons (Fsp3) is 0.455. The number of rotatable bonds is 1. The van der Waals surface area contributed by atoms with E-state index in [-0.39, 0.29) is 6.04 Å². The van der Waals surface area contributed by atoms with Crippen molar-refractivity contribution in [2.45, 2.75) is 24.3 Å². The van der Waals surface area contributed by atoms with Gasteiger partial charge in [-0.2, -0.15) is 0 Å². The summed E-state index contributed by atoms with van der Waals surface area (Å²) in [5, 5.41) is 3.32. The number of sulfone groups is 1. The highest BCUT2D eigenvalue weighted by Gasteiger charge is 2.21. The van der Waals surface area contributed by atoms with E-state index in [1.807, 2.05) is 12.1 Å². The molecule has 0 saturated heterocycles. The molecule has 1 aliphatic rings. The van der Waals surface area contributed by atoms with Gasteiger partial charge in [0, 0.05) is 12.3 Å². The van der Waals surface area contributed by atoms with Crippen LogP contribution in [0.2, 0.25) is 0 Å². The first-order valence-electron chi connectivity index (χ1n) is 5.05. The molecule has 3 nitrogen and oxygen atoms in total. The van der Waals surface area contributed by atoms with E-state index in [1.54, 1.807) is 6.07 Å². The molecule has 0 unspecified atom stereocenters. The van der Waals surface area contributed by atoms with Crippen molar-refractivity contribution in [1.82, 2.24) is 5.32 Å². The van der Waals surface area contributed by atoms with Crippen molar-refractivity contribution in [3.05, 3.63) is 29.3 Å². The van der Waals surface area contributed by atoms with E-state index in [2.05, 4.69) is 12.2 Å². The van der Waals surface area contributed by atoms with Gasteiger partial charge in [-0.05, 0) is 37.1 Å². The van der Waals surface area contributed by atoms with E-state index >= 15 is 0 Å².